The van der Waals surface area contributed by atoms with Crippen LogP contribution in [-0.4, -0.2) is 19.1 Å². The van der Waals surface area contributed by atoms with Crippen LogP contribution in [0.3, 0.4) is 0 Å². The first-order chi connectivity index (χ1) is 26.3. The second-order valence-electron chi connectivity index (χ2n) is 13.8. The van der Waals surface area contributed by atoms with Crippen molar-refractivity contribution in [1.82, 2.24) is 19.1 Å². The summed E-state index contributed by atoms with van der Waals surface area (Å²) in [5, 5.41) is 8.21. The summed E-state index contributed by atoms with van der Waals surface area (Å²) in [5.74, 6) is 2.23. The van der Waals surface area contributed by atoms with E-state index in [4.69, 9.17) is 14.7 Å². The third-order valence-corrected chi connectivity index (χ3v) is 10.9. The second-order valence-corrected chi connectivity index (χ2v) is 13.8. The van der Waals surface area contributed by atoms with E-state index in [2.05, 4.69) is 143 Å². The average molecular weight is 677 g/mol. The number of aromatic nitrogens is 4. The van der Waals surface area contributed by atoms with Crippen LogP contribution in [0.1, 0.15) is 0 Å². The first-order valence-electron chi connectivity index (χ1n) is 17.9. The van der Waals surface area contributed by atoms with E-state index in [0.717, 1.165) is 66.7 Å². The Kier molecular flexibility index (Phi) is 5.71. The fourth-order valence-corrected chi connectivity index (χ4v) is 8.50. The molecule has 0 atom stereocenters. The van der Waals surface area contributed by atoms with Crippen LogP contribution in [-0.2, 0) is 0 Å². The van der Waals surface area contributed by atoms with Gasteiger partial charge in [0.25, 0.3) is 0 Å². The van der Waals surface area contributed by atoms with E-state index >= 15 is 0 Å². The Morgan fingerprint density at radius 3 is 1.83 bits per heavy atom. The highest BCUT2D eigenvalue weighted by Crippen LogP contribution is 2.46. The number of rotatable bonds is 3. The molecule has 53 heavy (non-hydrogen) atoms. The van der Waals surface area contributed by atoms with Crippen LogP contribution >= 0.6 is 0 Å². The summed E-state index contributed by atoms with van der Waals surface area (Å²) in [6.45, 7) is 0. The maximum atomic E-state index is 6.28. The normalized spacial score (nSPS) is 12.3. The second kappa shape index (κ2) is 10.6. The zero-order valence-electron chi connectivity index (χ0n) is 28.4. The maximum absolute atomic E-state index is 6.28. The van der Waals surface area contributed by atoms with E-state index in [1.807, 2.05) is 36.4 Å². The van der Waals surface area contributed by atoms with Crippen molar-refractivity contribution in [2.75, 3.05) is 0 Å². The Morgan fingerprint density at radius 2 is 1.04 bits per heavy atom. The van der Waals surface area contributed by atoms with Gasteiger partial charge in [0.05, 0.1) is 38.7 Å². The molecule has 0 bridgehead atoms. The molecule has 4 heterocycles. The smallest absolute Gasteiger partial charge is 0.235 e. The van der Waals surface area contributed by atoms with Gasteiger partial charge in [0.15, 0.2) is 0 Å². The first kappa shape index (κ1) is 28.5. The molecule has 11 aromatic rings. The lowest BCUT2D eigenvalue weighted by atomic mass is 10.0. The number of nitrogens with zero attached hydrogens (tertiary/aromatic N) is 4. The van der Waals surface area contributed by atoms with E-state index in [-0.39, 0.29) is 0 Å². The quantitative estimate of drug-likeness (QED) is 0.187. The molecule has 5 nitrogen and oxygen atoms in total. The number of fused-ring (bicyclic) bond motifs is 9. The Balaban J connectivity index is 1.05. The molecule has 0 radical (unpaired) electrons. The Bertz CT molecular complexity index is 3330. The van der Waals surface area contributed by atoms with Gasteiger partial charge in [-0.3, -0.25) is 4.57 Å². The summed E-state index contributed by atoms with van der Waals surface area (Å²) in [7, 11) is 0. The fourth-order valence-electron chi connectivity index (χ4n) is 8.50. The van der Waals surface area contributed by atoms with E-state index in [1.165, 1.54) is 38.1 Å². The largest absolute Gasteiger partial charge is 0.456 e. The third-order valence-electron chi connectivity index (χ3n) is 10.9. The van der Waals surface area contributed by atoms with Gasteiger partial charge in [-0.25, -0.2) is 9.97 Å². The van der Waals surface area contributed by atoms with Crippen molar-refractivity contribution in [3.8, 4) is 45.5 Å². The lowest BCUT2D eigenvalue weighted by Gasteiger charge is -2.20. The minimum absolute atomic E-state index is 0.642. The van der Waals surface area contributed by atoms with Gasteiger partial charge in [-0.2, -0.15) is 0 Å². The van der Waals surface area contributed by atoms with Crippen molar-refractivity contribution in [3.05, 3.63) is 170 Å². The Labute approximate surface area is 303 Å². The molecule has 0 fully saturated rings. The summed E-state index contributed by atoms with van der Waals surface area (Å²) >= 11 is 0. The molecule has 0 spiro atoms. The van der Waals surface area contributed by atoms with Crippen molar-refractivity contribution in [1.29, 1.82) is 0 Å². The molecule has 5 heteroatoms. The number of para-hydroxylation sites is 3. The standard InChI is InChI=1S/C48H28N4O/c1-2-11-30-26-33(23-20-29(30)10-1)51-40-16-6-3-12-34(40)37-27-31(21-24-42(37)51)32-22-25-43-38(28-32)35-13-4-7-17-41(35)52(43)48-49-39-15-9-19-45-46(39)47(50-48)36-14-5-8-18-44(36)53-45/h1-28H. The molecule has 3 aromatic heterocycles. The van der Waals surface area contributed by atoms with Gasteiger partial charge in [0, 0.05) is 32.8 Å². The van der Waals surface area contributed by atoms with Gasteiger partial charge in [-0.05, 0) is 94.7 Å². The highest BCUT2D eigenvalue weighted by atomic mass is 16.5. The lowest BCUT2D eigenvalue weighted by Crippen LogP contribution is -2.06. The average Bonchev–Trinajstić information content (AvgIpc) is 3.73. The van der Waals surface area contributed by atoms with Gasteiger partial charge in [-0.1, -0.05) is 97.1 Å². The highest BCUT2D eigenvalue weighted by molar-refractivity contribution is 6.13. The zero-order valence-corrected chi connectivity index (χ0v) is 28.4. The predicted molar refractivity (Wildman–Crippen MR) is 217 cm³/mol. The summed E-state index contributed by atoms with van der Waals surface area (Å²) in [5.41, 5.74) is 10.7. The SMILES string of the molecule is c1ccc2c(c1)Oc1cccc3nc(-n4c5ccccc5c5cc(-c6ccc7c(c6)c6ccccc6n7-c6ccc7ccccc7c6)ccc54)nc-2c13. The summed E-state index contributed by atoms with van der Waals surface area (Å²) in [4.78, 5) is 10.4. The van der Waals surface area contributed by atoms with E-state index in [9.17, 15) is 0 Å². The maximum Gasteiger partial charge on any atom is 0.235 e. The molecule has 0 saturated carbocycles. The molecule has 1 aliphatic rings. The highest BCUT2D eigenvalue weighted by Gasteiger charge is 2.24. The Hall–Kier alpha value is -7.24. The molecular weight excluding hydrogens is 649 g/mol. The minimum Gasteiger partial charge on any atom is -0.456 e. The molecule has 0 N–H and O–H groups in total. The van der Waals surface area contributed by atoms with Crippen molar-refractivity contribution >= 4 is 65.3 Å². The van der Waals surface area contributed by atoms with Crippen LogP contribution in [0.15, 0.2) is 170 Å². The summed E-state index contributed by atoms with van der Waals surface area (Å²) < 4.78 is 10.9. The Morgan fingerprint density at radius 1 is 0.415 bits per heavy atom. The number of hydrogen-bond acceptors (Lipinski definition) is 3. The van der Waals surface area contributed by atoms with Gasteiger partial charge >= 0.3 is 0 Å². The number of ether oxygens (including phenoxy) is 1. The molecule has 1 aliphatic heterocycles. The molecule has 0 saturated heterocycles. The lowest BCUT2D eigenvalue weighted by molar-refractivity contribution is 0.486. The molecule has 0 aliphatic carbocycles. The van der Waals surface area contributed by atoms with Crippen molar-refractivity contribution in [2.45, 2.75) is 0 Å². The van der Waals surface area contributed by atoms with Crippen molar-refractivity contribution < 1.29 is 4.74 Å². The topological polar surface area (TPSA) is 44.9 Å². The summed E-state index contributed by atoms with van der Waals surface area (Å²) in [6.07, 6.45) is 0. The molecule has 8 aromatic carbocycles. The molecule has 0 amide bonds. The molecule has 0 unspecified atom stereocenters. The number of benzene rings is 8. The molecule has 12 rings (SSSR count). The van der Waals surface area contributed by atoms with E-state index in [1.54, 1.807) is 0 Å². The number of hydrogen-bond donors (Lipinski definition) is 0. The summed E-state index contributed by atoms with van der Waals surface area (Å²) in [6, 6.07) is 60.4. The minimum atomic E-state index is 0.642. The van der Waals surface area contributed by atoms with Crippen LogP contribution < -0.4 is 4.74 Å². The zero-order chi connectivity index (χ0) is 34.6. The predicted octanol–water partition coefficient (Wildman–Crippen LogP) is 12.4. The van der Waals surface area contributed by atoms with Gasteiger partial charge < -0.3 is 9.30 Å². The van der Waals surface area contributed by atoms with Crippen LogP contribution in [0.2, 0.25) is 0 Å². The van der Waals surface area contributed by atoms with Crippen LogP contribution in [0, 0.1) is 0 Å². The monoisotopic (exact) mass is 676 g/mol. The van der Waals surface area contributed by atoms with E-state index in [0.29, 0.717) is 5.95 Å². The third kappa shape index (κ3) is 4.07. The van der Waals surface area contributed by atoms with Crippen LogP contribution in [0.25, 0.3) is 99.3 Å². The van der Waals surface area contributed by atoms with Crippen molar-refractivity contribution in [2.24, 2.45) is 0 Å². The van der Waals surface area contributed by atoms with Crippen molar-refractivity contribution in [3.63, 3.8) is 0 Å². The van der Waals surface area contributed by atoms with Crippen LogP contribution in [0.4, 0.5) is 0 Å². The van der Waals surface area contributed by atoms with E-state index < -0.39 is 0 Å². The molecule has 246 valence electrons. The first-order valence-corrected chi connectivity index (χ1v) is 17.9. The van der Waals surface area contributed by atoms with Gasteiger partial charge in [0.2, 0.25) is 5.95 Å². The van der Waals surface area contributed by atoms with Gasteiger partial charge in [0.1, 0.15) is 11.5 Å². The van der Waals surface area contributed by atoms with Crippen LogP contribution in [0.5, 0.6) is 11.5 Å². The molecular formula is C48H28N4O. The fraction of sp³-hybridized carbons (Fsp3) is 0. The van der Waals surface area contributed by atoms with Gasteiger partial charge in [-0.15, -0.1) is 0 Å².